The highest BCUT2D eigenvalue weighted by Gasteiger charge is 2.10. The predicted octanol–water partition coefficient (Wildman–Crippen LogP) is 4.15. The second kappa shape index (κ2) is 5.73. The van der Waals surface area contributed by atoms with Crippen molar-refractivity contribution in [3.63, 3.8) is 0 Å². The third kappa shape index (κ3) is 2.78. The number of aromatic nitrogens is 2. The van der Waals surface area contributed by atoms with Crippen molar-refractivity contribution in [1.29, 1.82) is 0 Å². The van der Waals surface area contributed by atoms with Crippen LogP contribution in [0.3, 0.4) is 0 Å². The zero-order valence-corrected chi connectivity index (χ0v) is 13.0. The lowest BCUT2D eigenvalue weighted by Gasteiger charge is -2.08. The molecule has 5 heteroatoms. The Morgan fingerprint density at radius 1 is 1.00 bits per heavy atom. The zero-order chi connectivity index (χ0) is 15.7. The SMILES string of the molecule is Cc1nc2ccc(NC(=O)c3ccccc3Cl)cc2nc1C. The van der Waals surface area contributed by atoms with E-state index in [1.807, 2.05) is 26.0 Å². The van der Waals surface area contributed by atoms with Gasteiger partial charge in [-0.1, -0.05) is 23.7 Å². The summed E-state index contributed by atoms with van der Waals surface area (Å²) < 4.78 is 0. The van der Waals surface area contributed by atoms with E-state index in [1.54, 1.807) is 30.3 Å². The maximum Gasteiger partial charge on any atom is 0.257 e. The number of rotatable bonds is 2. The molecule has 0 bridgehead atoms. The van der Waals surface area contributed by atoms with E-state index in [1.165, 1.54) is 0 Å². The number of benzene rings is 2. The number of carbonyl (C=O) groups excluding carboxylic acids is 1. The van der Waals surface area contributed by atoms with E-state index in [0.717, 1.165) is 22.4 Å². The molecule has 0 atom stereocenters. The van der Waals surface area contributed by atoms with Gasteiger partial charge in [-0.2, -0.15) is 0 Å². The fourth-order valence-electron chi connectivity index (χ4n) is 2.15. The Morgan fingerprint density at radius 2 is 1.68 bits per heavy atom. The van der Waals surface area contributed by atoms with E-state index in [9.17, 15) is 4.79 Å². The van der Waals surface area contributed by atoms with E-state index >= 15 is 0 Å². The molecule has 22 heavy (non-hydrogen) atoms. The van der Waals surface area contributed by atoms with Gasteiger partial charge in [-0.25, -0.2) is 9.97 Å². The minimum atomic E-state index is -0.248. The Morgan fingerprint density at radius 3 is 2.41 bits per heavy atom. The molecule has 3 aromatic rings. The highest BCUT2D eigenvalue weighted by molar-refractivity contribution is 6.34. The van der Waals surface area contributed by atoms with Crippen molar-refractivity contribution in [3.05, 3.63) is 64.4 Å². The van der Waals surface area contributed by atoms with Crippen LogP contribution in [0.25, 0.3) is 11.0 Å². The van der Waals surface area contributed by atoms with Crippen molar-refractivity contribution < 1.29 is 4.79 Å². The minimum absolute atomic E-state index is 0.248. The second-order valence-electron chi connectivity index (χ2n) is 5.03. The molecule has 0 radical (unpaired) electrons. The van der Waals surface area contributed by atoms with Crippen LogP contribution in [-0.2, 0) is 0 Å². The van der Waals surface area contributed by atoms with Crippen LogP contribution in [0.2, 0.25) is 5.02 Å². The minimum Gasteiger partial charge on any atom is -0.322 e. The van der Waals surface area contributed by atoms with Gasteiger partial charge in [0.1, 0.15) is 0 Å². The number of fused-ring (bicyclic) bond motifs is 1. The smallest absolute Gasteiger partial charge is 0.257 e. The second-order valence-corrected chi connectivity index (χ2v) is 5.44. The van der Waals surface area contributed by atoms with Gasteiger partial charge in [-0.3, -0.25) is 4.79 Å². The van der Waals surface area contributed by atoms with Gasteiger partial charge >= 0.3 is 0 Å². The summed E-state index contributed by atoms with van der Waals surface area (Å²) in [5, 5.41) is 3.26. The Kier molecular flexibility index (Phi) is 3.77. The van der Waals surface area contributed by atoms with Crippen molar-refractivity contribution in [2.75, 3.05) is 5.32 Å². The predicted molar refractivity (Wildman–Crippen MR) is 88.4 cm³/mol. The van der Waals surface area contributed by atoms with Gasteiger partial charge in [-0.05, 0) is 44.2 Å². The number of anilines is 1. The molecule has 1 heterocycles. The summed E-state index contributed by atoms with van der Waals surface area (Å²) in [5.41, 5.74) is 4.44. The number of nitrogens with zero attached hydrogens (tertiary/aromatic N) is 2. The molecular formula is C17H14ClN3O. The van der Waals surface area contributed by atoms with Crippen LogP contribution in [-0.4, -0.2) is 15.9 Å². The van der Waals surface area contributed by atoms with E-state index < -0.39 is 0 Å². The standard InChI is InChI=1S/C17H14ClN3O/c1-10-11(2)20-16-9-12(7-8-15(16)19-10)21-17(22)13-5-3-4-6-14(13)18/h3-9H,1-2H3,(H,21,22). The summed E-state index contributed by atoms with van der Waals surface area (Å²) in [4.78, 5) is 21.2. The van der Waals surface area contributed by atoms with E-state index in [4.69, 9.17) is 11.6 Å². The Hall–Kier alpha value is -2.46. The average molecular weight is 312 g/mol. The van der Waals surface area contributed by atoms with E-state index in [0.29, 0.717) is 16.3 Å². The van der Waals surface area contributed by atoms with Gasteiger partial charge in [0.05, 0.1) is 33.0 Å². The molecule has 0 aliphatic heterocycles. The summed E-state index contributed by atoms with van der Waals surface area (Å²) in [6.45, 7) is 3.84. The van der Waals surface area contributed by atoms with Crippen LogP contribution >= 0.6 is 11.6 Å². The normalized spacial score (nSPS) is 10.7. The molecule has 0 spiro atoms. The van der Waals surface area contributed by atoms with Crippen LogP contribution in [0.15, 0.2) is 42.5 Å². The summed E-state index contributed by atoms with van der Waals surface area (Å²) >= 11 is 6.04. The van der Waals surface area contributed by atoms with Crippen LogP contribution < -0.4 is 5.32 Å². The van der Waals surface area contributed by atoms with Gasteiger partial charge in [-0.15, -0.1) is 0 Å². The molecular weight excluding hydrogens is 298 g/mol. The third-order valence-corrected chi connectivity index (χ3v) is 3.78. The van der Waals surface area contributed by atoms with E-state index in [2.05, 4.69) is 15.3 Å². The molecule has 0 fully saturated rings. The molecule has 3 rings (SSSR count). The number of aryl methyl sites for hydroxylation is 2. The first kappa shape index (κ1) is 14.5. The summed E-state index contributed by atoms with van der Waals surface area (Å²) in [6.07, 6.45) is 0. The first-order valence-corrected chi connectivity index (χ1v) is 7.23. The molecule has 1 aromatic heterocycles. The molecule has 1 amide bonds. The van der Waals surface area contributed by atoms with Crippen LogP contribution in [0.5, 0.6) is 0 Å². The molecule has 2 aromatic carbocycles. The average Bonchev–Trinajstić information content (AvgIpc) is 2.49. The topological polar surface area (TPSA) is 54.9 Å². The van der Waals surface area contributed by atoms with Crippen LogP contribution in [0.4, 0.5) is 5.69 Å². The molecule has 4 nitrogen and oxygen atoms in total. The lowest BCUT2D eigenvalue weighted by molar-refractivity contribution is 0.102. The summed E-state index contributed by atoms with van der Waals surface area (Å²) in [5.74, 6) is -0.248. The van der Waals surface area contributed by atoms with Crippen molar-refractivity contribution >= 4 is 34.2 Å². The molecule has 0 saturated heterocycles. The fourth-order valence-corrected chi connectivity index (χ4v) is 2.37. The maximum absolute atomic E-state index is 12.3. The Labute approximate surface area is 133 Å². The summed E-state index contributed by atoms with van der Waals surface area (Å²) in [7, 11) is 0. The number of halogens is 1. The Balaban J connectivity index is 1.93. The van der Waals surface area contributed by atoms with E-state index in [-0.39, 0.29) is 5.91 Å². The first-order chi connectivity index (χ1) is 10.5. The van der Waals surface area contributed by atoms with Crippen molar-refractivity contribution in [2.24, 2.45) is 0 Å². The molecule has 110 valence electrons. The third-order valence-electron chi connectivity index (χ3n) is 3.45. The molecule has 0 unspecified atom stereocenters. The van der Waals surface area contributed by atoms with Crippen molar-refractivity contribution in [2.45, 2.75) is 13.8 Å². The zero-order valence-electron chi connectivity index (χ0n) is 12.2. The lowest BCUT2D eigenvalue weighted by Crippen LogP contribution is -2.12. The number of carbonyl (C=O) groups is 1. The lowest BCUT2D eigenvalue weighted by atomic mass is 10.2. The van der Waals surface area contributed by atoms with Crippen molar-refractivity contribution in [3.8, 4) is 0 Å². The summed E-state index contributed by atoms with van der Waals surface area (Å²) in [6, 6.07) is 12.4. The highest BCUT2D eigenvalue weighted by Crippen LogP contribution is 2.20. The first-order valence-electron chi connectivity index (χ1n) is 6.85. The van der Waals surface area contributed by atoms with Gasteiger partial charge in [0.15, 0.2) is 0 Å². The molecule has 0 saturated carbocycles. The monoisotopic (exact) mass is 311 g/mol. The number of nitrogens with one attached hydrogen (secondary N) is 1. The highest BCUT2D eigenvalue weighted by atomic mass is 35.5. The van der Waals surface area contributed by atoms with Gasteiger partial charge in [0, 0.05) is 5.69 Å². The van der Waals surface area contributed by atoms with Crippen molar-refractivity contribution in [1.82, 2.24) is 9.97 Å². The fraction of sp³-hybridized carbons (Fsp3) is 0.118. The Bertz CT molecular complexity index is 877. The molecule has 1 N–H and O–H groups in total. The van der Waals surface area contributed by atoms with Gasteiger partial charge in [0.2, 0.25) is 0 Å². The van der Waals surface area contributed by atoms with Crippen LogP contribution in [0, 0.1) is 13.8 Å². The maximum atomic E-state index is 12.3. The quantitative estimate of drug-likeness (QED) is 0.773. The number of amides is 1. The van der Waals surface area contributed by atoms with Gasteiger partial charge < -0.3 is 5.32 Å². The molecule has 0 aliphatic rings. The molecule has 0 aliphatic carbocycles. The van der Waals surface area contributed by atoms with Gasteiger partial charge in [0.25, 0.3) is 5.91 Å². The number of hydrogen-bond donors (Lipinski definition) is 1. The largest absolute Gasteiger partial charge is 0.322 e. The number of hydrogen-bond acceptors (Lipinski definition) is 3. The van der Waals surface area contributed by atoms with Crippen LogP contribution in [0.1, 0.15) is 21.7 Å².